The van der Waals surface area contributed by atoms with Crippen molar-refractivity contribution in [3.8, 4) is 0 Å². The van der Waals surface area contributed by atoms with Gasteiger partial charge in [-0.05, 0) is 42.8 Å². The number of thiazole rings is 1. The minimum Gasteiger partial charge on any atom is -0.352 e. The molecule has 0 saturated carbocycles. The Labute approximate surface area is 154 Å². The van der Waals surface area contributed by atoms with E-state index in [-0.39, 0.29) is 24.8 Å². The number of carbonyl (C=O) groups excluding carboxylic acids is 2. The molecule has 2 amide bonds. The topological polar surface area (TPSA) is 71.1 Å². The minimum absolute atomic E-state index is 0.146. The number of anilines is 1. The van der Waals surface area contributed by atoms with Gasteiger partial charge in [0.05, 0.1) is 10.2 Å². The number of rotatable bonds is 5. The molecule has 25 heavy (non-hydrogen) atoms. The van der Waals surface area contributed by atoms with Crippen molar-refractivity contribution in [3.63, 3.8) is 0 Å². The van der Waals surface area contributed by atoms with Crippen LogP contribution >= 0.6 is 22.9 Å². The van der Waals surface area contributed by atoms with Crippen LogP contribution in [0.25, 0.3) is 10.2 Å². The molecule has 3 aromatic rings. The van der Waals surface area contributed by atoms with E-state index in [9.17, 15) is 9.59 Å². The first-order valence-electron chi connectivity index (χ1n) is 7.72. The lowest BCUT2D eigenvalue weighted by Gasteiger charge is -2.07. The standard InChI is InChI=1S/C18H16ClN3O2S/c1-11-3-2-4-13(9-11)21-16(23)7-8-20-17(24)12-5-6-15-14(10-12)22-18(19)25-15/h2-6,9-10H,7-8H2,1H3,(H,20,24)(H,21,23). The average molecular weight is 374 g/mol. The second-order valence-corrected chi connectivity index (χ2v) is 7.19. The van der Waals surface area contributed by atoms with Gasteiger partial charge in [0.15, 0.2) is 4.47 Å². The Kier molecular flexibility index (Phi) is 5.31. The Morgan fingerprint density at radius 1 is 1.20 bits per heavy atom. The molecule has 0 unspecified atom stereocenters. The van der Waals surface area contributed by atoms with Gasteiger partial charge < -0.3 is 10.6 Å². The normalized spacial score (nSPS) is 10.6. The van der Waals surface area contributed by atoms with Gasteiger partial charge in [0.25, 0.3) is 5.91 Å². The zero-order valence-electron chi connectivity index (χ0n) is 13.5. The Hall–Kier alpha value is -2.44. The minimum atomic E-state index is -0.241. The van der Waals surface area contributed by atoms with Crippen molar-refractivity contribution in [2.75, 3.05) is 11.9 Å². The van der Waals surface area contributed by atoms with E-state index < -0.39 is 0 Å². The summed E-state index contributed by atoms with van der Waals surface area (Å²) >= 11 is 7.24. The van der Waals surface area contributed by atoms with Crippen molar-refractivity contribution < 1.29 is 9.59 Å². The Bertz CT molecular complexity index is 939. The number of nitrogens with one attached hydrogen (secondary N) is 2. The number of halogens is 1. The molecule has 3 rings (SSSR count). The number of aromatic nitrogens is 1. The summed E-state index contributed by atoms with van der Waals surface area (Å²) in [6.45, 7) is 2.22. The molecular formula is C18H16ClN3O2S. The van der Waals surface area contributed by atoms with Crippen LogP contribution < -0.4 is 10.6 Å². The van der Waals surface area contributed by atoms with Crippen LogP contribution in [0, 0.1) is 6.92 Å². The molecule has 0 atom stereocenters. The highest BCUT2D eigenvalue weighted by atomic mass is 35.5. The van der Waals surface area contributed by atoms with E-state index in [4.69, 9.17) is 11.6 Å². The molecule has 0 aliphatic carbocycles. The molecule has 0 aliphatic rings. The van der Waals surface area contributed by atoms with Crippen molar-refractivity contribution >= 4 is 50.7 Å². The molecule has 0 saturated heterocycles. The highest BCUT2D eigenvalue weighted by molar-refractivity contribution is 7.22. The van der Waals surface area contributed by atoms with Gasteiger partial charge in [0.1, 0.15) is 0 Å². The van der Waals surface area contributed by atoms with Crippen LogP contribution in [0.3, 0.4) is 0 Å². The number of nitrogens with zero attached hydrogens (tertiary/aromatic N) is 1. The lowest BCUT2D eigenvalue weighted by Crippen LogP contribution is -2.27. The largest absolute Gasteiger partial charge is 0.352 e. The summed E-state index contributed by atoms with van der Waals surface area (Å²) in [5, 5.41) is 5.55. The molecule has 0 bridgehead atoms. The molecule has 128 valence electrons. The fourth-order valence-electron chi connectivity index (χ4n) is 2.38. The maximum Gasteiger partial charge on any atom is 0.251 e. The van der Waals surface area contributed by atoms with E-state index in [0.29, 0.717) is 15.5 Å². The summed E-state index contributed by atoms with van der Waals surface area (Å²) in [6, 6.07) is 12.8. The van der Waals surface area contributed by atoms with E-state index >= 15 is 0 Å². The zero-order valence-corrected chi connectivity index (χ0v) is 15.1. The maximum absolute atomic E-state index is 12.2. The fourth-order valence-corrected chi connectivity index (χ4v) is 3.39. The quantitative estimate of drug-likeness (QED) is 0.709. The van der Waals surface area contributed by atoms with Crippen LogP contribution in [0.15, 0.2) is 42.5 Å². The van der Waals surface area contributed by atoms with Crippen LogP contribution in [-0.4, -0.2) is 23.3 Å². The fraction of sp³-hybridized carbons (Fsp3) is 0.167. The third kappa shape index (κ3) is 4.55. The number of amides is 2. The van der Waals surface area contributed by atoms with Gasteiger partial charge in [-0.1, -0.05) is 23.7 Å². The van der Waals surface area contributed by atoms with Crippen LogP contribution in [-0.2, 0) is 4.79 Å². The first-order valence-corrected chi connectivity index (χ1v) is 8.91. The number of hydrogen-bond donors (Lipinski definition) is 2. The Morgan fingerprint density at radius 3 is 2.84 bits per heavy atom. The van der Waals surface area contributed by atoms with Gasteiger partial charge in [-0.25, -0.2) is 4.98 Å². The lowest BCUT2D eigenvalue weighted by molar-refractivity contribution is -0.116. The summed E-state index contributed by atoms with van der Waals surface area (Å²) in [4.78, 5) is 28.3. The number of aryl methyl sites for hydroxylation is 1. The number of fused-ring (bicyclic) bond motifs is 1. The Balaban J connectivity index is 1.52. The molecule has 1 heterocycles. The first-order chi connectivity index (χ1) is 12.0. The monoisotopic (exact) mass is 373 g/mol. The highest BCUT2D eigenvalue weighted by Crippen LogP contribution is 2.26. The smallest absolute Gasteiger partial charge is 0.251 e. The van der Waals surface area contributed by atoms with Crippen molar-refractivity contribution in [3.05, 3.63) is 58.1 Å². The SMILES string of the molecule is Cc1cccc(NC(=O)CCNC(=O)c2ccc3sc(Cl)nc3c2)c1. The third-order valence-electron chi connectivity index (χ3n) is 3.56. The molecule has 7 heteroatoms. The second-order valence-electron chi connectivity index (χ2n) is 5.57. The van der Waals surface area contributed by atoms with Gasteiger partial charge in [0.2, 0.25) is 5.91 Å². The van der Waals surface area contributed by atoms with Gasteiger partial charge in [-0.2, -0.15) is 0 Å². The van der Waals surface area contributed by atoms with Crippen molar-refractivity contribution in [2.24, 2.45) is 0 Å². The van der Waals surface area contributed by atoms with Crippen molar-refractivity contribution in [1.29, 1.82) is 0 Å². The van der Waals surface area contributed by atoms with E-state index in [1.165, 1.54) is 11.3 Å². The van der Waals surface area contributed by atoms with E-state index in [1.807, 2.05) is 37.3 Å². The van der Waals surface area contributed by atoms with Crippen LogP contribution in [0.1, 0.15) is 22.3 Å². The maximum atomic E-state index is 12.2. The predicted molar refractivity (Wildman–Crippen MR) is 101 cm³/mol. The summed E-state index contributed by atoms with van der Waals surface area (Å²) in [5.74, 6) is -0.387. The molecule has 2 aromatic carbocycles. The van der Waals surface area contributed by atoms with Gasteiger partial charge in [-0.15, -0.1) is 11.3 Å². The molecule has 0 spiro atoms. The number of carbonyl (C=O) groups is 2. The lowest BCUT2D eigenvalue weighted by atomic mass is 10.2. The Morgan fingerprint density at radius 2 is 2.04 bits per heavy atom. The van der Waals surface area contributed by atoms with Crippen LogP contribution in [0.2, 0.25) is 4.47 Å². The highest BCUT2D eigenvalue weighted by Gasteiger charge is 2.10. The molecule has 0 fully saturated rings. The zero-order chi connectivity index (χ0) is 17.8. The van der Waals surface area contributed by atoms with E-state index in [0.717, 1.165) is 16.0 Å². The average Bonchev–Trinajstić information content (AvgIpc) is 2.93. The number of hydrogen-bond acceptors (Lipinski definition) is 4. The predicted octanol–water partition coefficient (Wildman–Crippen LogP) is 4.02. The van der Waals surface area contributed by atoms with Gasteiger partial charge in [-0.3, -0.25) is 9.59 Å². The first kappa shape index (κ1) is 17.4. The van der Waals surface area contributed by atoms with Crippen LogP contribution in [0.5, 0.6) is 0 Å². The van der Waals surface area contributed by atoms with Gasteiger partial charge in [0, 0.05) is 24.2 Å². The van der Waals surface area contributed by atoms with E-state index in [1.54, 1.807) is 12.1 Å². The summed E-state index contributed by atoms with van der Waals surface area (Å²) < 4.78 is 1.37. The van der Waals surface area contributed by atoms with Crippen molar-refractivity contribution in [2.45, 2.75) is 13.3 Å². The number of benzene rings is 2. The molecular weight excluding hydrogens is 358 g/mol. The molecule has 0 aliphatic heterocycles. The summed E-state index contributed by atoms with van der Waals surface area (Å²) in [7, 11) is 0. The second kappa shape index (κ2) is 7.63. The van der Waals surface area contributed by atoms with Crippen LogP contribution in [0.4, 0.5) is 5.69 Å². The molecule has 5 nitrogen and oxygen atoms in total. The summed E-state index contributed by atoms with van der Waals surface area (Å²) in [6.07, 6.45) is 0.199. The molecule has 0 radical (unpaired) electrons. The molecule has 2 N–H and O–H groups in total. The third-order valence-corrected chi connectivity index (χ3v) is 4.70. The summed E-state index contributed by atoms with van der Waals surface area (Å²) in [5.41, 5.74) is 3.01. The van der Waals surface area contributed by atoms with Crippen molar-refractivity contribution in [1.82, 2.24) is 10.3 Å². The molecule has 1 aromatic heterocycles. The van der Waals surface area contributed by atoms with Gasteiger partial charge >= 0.3 is 0 Å². The van der Waals surface area contributed by atoms with E-state index in [2.05, 4.69) is 15.6 Å².